The number of ether oxygens (including phenoxy) is 3. The summed E-state index contributed by atoms with van der Waals surface area (Å²) < 4.78 is 15.9. The molecule has 2 aliphatic rings. The standard InChI is InChI=1S/C9H11NO3/c1-11-8-6-3-5(4-10)7(13-6)9(8)12-2/h5-7H,3H2,1-2H3/t5?,6-,7+/m1/s1. The summed E-state index contributed by atoms with van der Waals surface area (Å²) in [6.45, 7) is 0. The van der Waals surface area contributed by atoms with Crippen LogP contribution in [0.25, 0.3) is 0 Å². The van der Waals surface area contributed by atoms with Gasteiger partial charge in [-0.3, -0.25) is 0 Å². The molecule has 0 amide bonds. The molecule has 0 aromatic carbocycles. The fourth-order valence-electron chi connectivity index (χ4n) is 1.96. The van der Waals surface area contributed by atoms with Crippen molar-refractivity contribution in [2.24, 2.45) is 5.92 Å². The lowest BCUT2D eigenvalue weighted by atomic mass is 9.93. The van der Waals surface area contributed by atoms with E-state index < -0.39 is 0 Å². The molecule has 70 valence electrons. The molecule has 0 aromatic heterocycles. The SMILES string of the molecule is COC1=C(OC)[C@H]2CC(C#N)[C@@H]1O2. The maximum Gasteiger partial charge on any atom is 0.166 e. The Morgan fingerprint density at radius 3 is 2.62 bits per heavy atom. The Hall–Kier alpha value is -1.21. The fraction of sp³-hybridized carbons (Fsp3) is 0.667. The molecule has 0 saturated carbocycles. The summed E-state index contributed by atoms with van der Waals surface area (Å²) in [5.74, 6) is 1.35. The van der Waals surface area contributed by atoms with Crippen molar-refractivity contribution < 1.29 is 14.2 Å². The number of rotatable bonds is 2. The molecule has 0 aromatic rings. The third-order valence-corrected chi connectivity index (χ3v) is 2.54. The summed E-state index contributed by atoms with van der Waals surface area (Å²) in [6.07, 6.45) is 0.432. The molecule has 0 radical (unpaired) electrons. The molecule has 2 aliphatic heterocycles. The molecule has 1 unspecified atom stereocenters. The van der Waals surface area contributed by atoms with Crippen molar-refractivity contribution in [3.05, 3.63) is 11.5 Å². The van der Waals surface area contributed by atoms with E-state index in [1.165, 1.54) is 0 Å². The van der Waals surface area contributed by atoms with Crippen LogP contribution in [0, 0.1) is 17.2 Å². The molecule has 0 spiro atoms. The second-order valence-corrected chi connectivity index (χ2v) is 3.15. The molecule has 2 heterocycles. The Balaban J connectivity index is 2.30. The number of hydrogen-bond donors (Lipinski definition) is 0. The van der Waals surface area contributed by atoms with Crippen molar-refractivity contribution >= 4 is 0 Å². The molecule has 2 rings (SSSR count). The largest absolute Gasteiger partial charge is 0.495 e. The lowest BCUT2D eigenvalue weighted by Crippen LogP contribution is -2.20. The Labute approximate surface area is 76.7 Å². The van der Waals surface area contributed by atoms with Crippen molar-refractivity contribution in [3.8, 4) is 6.07 Å². The zero-order valence-electron chi connectivity index (χ0n) is 7.61. The Morgan fingerprint density at radius 1 is 1.38 bits per heavy atom. The fourth-order valence-corrected chi connectivity index (χ4v) is 1.96. The minimum absolute atomic E-state index is 0.0744. The predicted octanol–water partition coefficient (Wildman–Crippen LogP) is 0.802. The highest BCUT2D eigenvalue weighted by Crippen LogP contribution is 2.42. The van der Waals surface area contributed by atoms with E-state index in [1.807, 2.05) is 0 Å². The van der Waals surface area contributed by atoms with Crippen molar-refractivity contribution in [2.45, 2.75) is 18.6 Å². The van der Waals surface area contributed by atoms with E-state index in [-0.39, 0.29) is 18.1 Å². The first-order valence-corrected chi connectivity index (χ1v) is 4.19. The molecule has 4 nitrogen and oxygen atoms in total. The lowest BCUT2D eigenvalue weighted by Gasteiger charge is -2.17. The molecule has 1 fully saturated rings. The zero-order valence-corrected chi connectivity index (χ0v) is 7.61. The van der Waals surface area contributed by atoms with Crippen molar-refractivity contribution in [2.75, 3.05) is 14.2 Å². The molecule has 13 heavy (non-hydrogen) atoms. The highest BCUT2D eigenvalue weighted by Gasteiger charge is 2.49. The van der Waals surface area contributed by atoms with Gasteiger partial charge in [-0.15, -0.1) is 0 Å². The molecule has 0 N–H and O–H groups in total. The van der Waals surface area contributed by atoms with Gasteiger partial charge in [0.05, 0.1) is 26.2 Å². The maximum atomic E-state index is 8.81. The highest BCUT2D eigenvalue weighted by molar-refractivity contribution is 5.26. The zero-order chi connectivity index (χ0) is 9.42. The molecular formula is C9H11NO3. The van der Waals surface area contributed by atoms with Crippen LogP contribution in [0.4, 0.5) is 0 Å². The first-order chi connectivity index (χ1) is 6.31. The Kier molecular flexibility index (Phi) is 1.89. The summed E-state index contributed by atoms with van der Waals surface area (Å²) in [4.78, 5) is 0. The molecule has 2 bridgehead atoms. The van der Waals surface area contributed by atoms with Gasteiger partial charge in [-0.1, -0.05) is 0 Å². The van der Waals surface area contributed by atoms with Crippen LogP contribution in [0.2, 0.25) is 0 Å². The number of hydrogen-bond acceptors (Lipinski definition) is 4. The van der Waals surface area contributed by atoms with Gasteiger partial charge < -0.3 is 14.2 Å². The lowest BCUT2D eigenvalue weighted by molar-refractivity contribution is 0.0690. The summed E-state index contributed by atoms with van der Waals surface area (Å²) in [5.41, 5.74) is 0. The molecule has 3 atom stereocenters. The highest BCUT2D eigenvalue weighted by atomic mass is 16.6. The minimum Gasteiger partial charge on any atom is -0.495 e. The number of methoxy groups -OCH3 is 2. The minimum atomic E-state index is -0.213. The van der Waals surface area contributed by atoms with Crippen molar-refractivity contribution in [1.82, 2.24) is 0 Å². The van der Waals surface area contributed by atoms with Crippen LogP contribution >= 0.6 is 0 Å². The summed E-state index contributed by atoms with van der Waals surface area (Å²) >= 11 is 0. The second kappa shape index (κ2) is 2.93. The van der Waals surface area contributed by atoms with E-state index in [9.17, 15) is 0 Å². The summed E-state index contributed by atoms with van der Waals surface area (Å²) in [6, 6.07) is 2.21. The van der Waals surface area contributed by atoms with Gasteiger partial charge in [0.1, 0.15) is 12.2 Å². The van der Waals surface area contributed by atoms with E-state index in [4.69, 9.17) is 19.5 Å². The van der Waals surface area contributed by atoms with Crippen LogP contribution in [-0.2, 0) is 14.2 Å². The van der Waals surface area contributed by atoms with Crippen LogP contribution in [0.5, 0.6) is 0 Å². The van der Waals surface area contributed by atoms with E-state index in [1.54, 1.807) is 14.2 Å². The average Bonchev–Trinajstić information content (AvgIpc) is 2.72. The average molecular weight is 181 g/mol. The third-order valence-electron chi connectivity index (χ3n) is 2.54. The number of nitriles is 1. The first-order valence-electron chi connectivity index (χ1n) is 4.19. The molecule has 1 saturated heterocycles. The second-order valence-electron chi connectivity index (χ2n) is 3.15. The van der Waals surface area contributed by atoms with E-state index in [2.05, 4.69) is 6.07 Å². The van der Waals surface area contributed by atoms with Gasteiger partial charge >= 0.3 is 0 Å². The normalized spacial score (nSPS) is 36.2. The van der Waals surface area contributed by atoms with Crippen LogP contribution in [-0.4, -0.2) is 26.4 Å². The summed E-state index contributed by atoms with van der Waals surface area (Å²) in [7, 11) is 3.17. The van der Waals surface area contributed by atoms with Gasteiger partial charge in [-0.2, -0.15) is 5.26 Å². The summed E-state index contributed by atoms with van der Waals surface area (Å²) in [5, 5.41) is 8.81. The van der Waals surface area contributed by atoms with E-state index in [0.717, 1.165) is 12.2 Å². The van der Waals surface area contributed by atoms with Crippen LogP contribution in [0.15, 0.2) is 11.5 Å². The van der Waals surface area contributed by atoms with Gasteiger partial charge in [0, 0.05) is 0 Å². The van der Waals surface area contributed by atoms with Crippen LogP contribution < -0.4 is 0 Å². The quantitative estimate of drug-likeness (QED) is 0.632. The molecular weight excluding hydrogens is 170 g/mol. The predicted molar refractivity (Wildman–Crippen MR) is 43.4 cm³/mol. The number of nitrogens with zero attached hydrogens (tertiary/aromatic N) is 1. The Morgan fingerprint density at radius 2 is 2.08 bits per heavy atom. The van der Waals surface area contributed by atoms with Crippen LogP contribution in [0.3, 0.4) is 0 Å². The van der Waals surface area contributed by atoms with Crippen LogP contribution in [0.1, 0.15) is 6.42 Å². The third kappa shape index (κ3) is 1.01. The van der Waals surface area contributed by atoms with Gasteiger partial charge in [0.25, 0.3) is 0 Å². The monoisotopic (exact) mass is 181 g/mol. The van der Waals surface area contributed by atoms with Gasteiger partial charge in [0.15, 0.2) is 11.5 Å². The Bertz CT molecular complexity index is 292. The van der Waals surface area contributed by atoms with Crippen molar-refractivity contribution in [3.63, 3.8) is 0 Å². The van der Waals surface area contributed by atoms with Gasteiger partial charge in [-0.25, -0.2) is 0 Å². The van der Waals surface area contributed by atoms with Gasteiger partial charge in [-0.05, 0) is 6.42 Å². The van der Waals surface area contributed by atoms with Gasteiger partial charge in [0.2, 0.25) is 0 Å². The smallest absolute Gasteiger partial charge is 0.166 e. The first kappa shape index (κ1) is 8.39. The number of fused-ring (bicyclic) bond motifs is 2. The van der Waals surface area contributed by atoms with E-state index >= 15 is 0 Å². The maximum absolute atomic E-state index is 8.81. The topological polar surface area (TPSA) is 51.5 Å². The molecule has 4 heteroatoms. The van der Waals surface area contributed by atoms with E-state index in [0.29, 0.717) is 5.76 Å². The van der Waals surface area contributed by atoms with Crippen molar-refractivity contribution in [1.29, 1.82) is 5.26 Å². The molecule has 0 aliphatic carbocycles.